The van der Waals surface area contributed by atoms with Crippen molar-refractivity contribution in [2.75, 3.05) is 39.3 Å². The van der Waals surface area contributed by atoms with E-state index in [1.165, 1.54) is 6.07 Å². The molecule has 6 nitrogen and oxygen atoms in total. The smallest absolute Gasteiger partial charge is 0.253 e. The van der Waals surface area contributed by atoms with Crippen LogP contribution in [0.5, 0.6) is 0 Å². The number of aliphatic hydroxyl groups excluding tert-OH is 1. The van der Waals surface area contributed by atoms with Crippen LogP contribution < -0.4 is 5.32 Å². The molecule has 2 amide bonds. The van der Waals surface area contributed by atoms with Crippen LogP contribution in [0.2, 0.25) is 0 Å². The minimum absolute atomic E-state index is 0.00950. The second-order valence-corrected chi connectivity index (χ2v) is 12.5. The molecule has 3 aromatic carbocycles. The Balaban J connectivity index is 1.50. The lowest BCUT2D eigenvalue weighted by Gasteiger charge is -2.44. The molecule has 1 aliphatic heterocycles. The third-order valence-corrected chi connectivity index (χ3v) is 8.40. The Morgan fingerprint density at radius 1 is 0.953 bits per heavy atom. The quantitative estimate of drug-likeness (QED) is 0.299. The summed E-state index contributed by atoms with van der Waals surface area (Å²) in [6.07, 6.45) is 2.07. The Kier molecular flexibility index (Phi) is 10.7. The van der Waals surface area contributed by atoms with Gasteiger partial charge in [0.1, 0.15) is 0 Å². The molecule has 1 aliphatic rings. The van der Waals surface area contributed by atoms with Gasteiger partial charge in [-0.05, 0) is 61.2 Å². The van der Waals surface area contributed by atoms with Crippen LogP contribution in [0.25, 0.3) is 0 Å². The molecule has 3 aromatic rings. The van der Waals surface area contributed by atoms with E-state index in [2.05, 4.69) is 22.3 Å². The van der Waals surface area contributed by atoms with Crippen molar-refractivity contribution in [3.05, 3.63) is 107 Å². The molecule has 0 spiro atoms. The number of piperidine rings is 1. The summed E-state index contributed by atoms with van der Waals surface area (Å²) in [5, 5.41) is 13.1. The highest BCUT2D eigenvalue weighted by Gasteiger charge is 2.39. The summed E-state index contributed by atoms with van der Waals surface area (Å²) in [7, 11) is 0. The molecule has 4 rings (SSSR count). The Hall–Kier alpha value is -3.62. The number of amides is 2. The van der Waals surface area contributed by atoms with E-state index >= 15 is 0 Å². The minimum atomic E-state index is -0.925. The van der Waals surface area contributed by atoms with Gasteiger partial charge in [0.05, 0.1) is 12.1 Å². The van der Waals surface area contributed by atoms with Gasteiger partial charge in [0, 0.05) is 43.1 Å². The molecule has 1 unspecified atom stereocenters. The number of carbonyl (C=O) groups is 2. The van der Waals surface area contributed by atoms with Crippen LogP contribution in [0.15, 0.2) is 78.9 Å². The van der Waals surface area contributed by atoms with Gasteiger partial charge in [-0.3, -0.25) is 9.59 Å². The van der Waals surface area contributed by atoms with Crippen LogP contribution in [-0.2, 0) is 10.3 Å². The standard InChI is InChI=1S/C35H43F2N3O3/c1-34(2,3)33(43)38-35(29-12-8-5-9-13-29)17-20-39(21-18-35)19-16-28(27-14-15-30(36)31(37)24-27)25-40(22-23-41)32(42)26-10-6-4-7-11-26/h4-15,24,28,41H,16-23,25H2,1-3H3,(H,38,43). The Morgan fingerprint density at radius 2 is 1.58 bits per heavy atom. The highest BCUT2D eigenvalue weighted by Crippen LogP contribution is 2.35. The number of carbonyl (C=O) groups excluding carboxylic acids is 2. The first kappa shape index (κ1) is 32.3. The van der Waals surface area contributed by atoms with Crippen molar-refractivity contribution in [3.63, 3.8) is 0 Å². The molecule has 1 heterocycles. The van der Waals surface area contributed by atoms with Crippen LogP contribution in [0.1, 0.15) is 67.4 Å². The van der Waals surface area contributed by atoms with E-state index in [0.29, 0.717) is 24.1 Å². The fraction of sp³-hybridized carbons (Fsp3) is 0.429. The lowest BCUT2D eigenvalue weighted by atomic mass is 9.79. The number of nitrogens with one attached hydrogen (secondary N) is 1. The Labute approximate surface area is 253 Å². The van der Waals surface area contributed by atoms with Crippen LogP contribution >= 0.6 is 0 Å². The first-order valence-electron chi connectivity index (χ1n) is 15.0. The Morgan fingerprint density at radius 3 is 2.16 bits per heavy atom. The lowest BCUT2D eigenvalue weighted by molar-refractivity contribution is -0.131. The van der Waals surface area contributed by atoms with Gasteiger partial charge in [-0.1, -0.05) is 75.4 Å². The maximum absolute atomic E-state index is 14.3. The van der Waals surface area contributed by atoms with E-state index in [9.17, 15) is 23.5 Å². The van der Waals surface area contributed by atoms with Gasteiger partial charge in [0.15, 0.2) is 11.6 Å². The van der Waals surface area contributed by atoms with E-state index in [4.69, 9.17) is 0 Å². The molecule has 1 fully saturated rings. The fourth-order valence-corrected chi connectivity index (χ4v) is 5.70. The molecule has 230 valence electrons. The van der Waals surface area contributed by atoms with Gasteiger partial charge in [-0.15, -0.1) is 0 Å². The van der Waals surface area contributed by atoms with E-state index < -0.39 is 22.6 Å². The van der Waals surface area contributed by atoms with Crippen molar-refractivity contribution in [1.82, 2.24) is 15.1 Å². The summed E-state index contributed by atoms with van der Waals surface area (Å²) in [4.78, 5) is 30.3. The summed E-state index contributed by atoms with van der Waals surface area (Å²) >= 11 is 0. The van der Waals surface area contributed by atoms with E-state index in [1.54, 1.807) is 35.2 Å². The number of nitrogens with zero attached hydrogens (tertiary/aromatic N) is 2. The molecule has 0 aliphatic carbocycles. The predicted octanol–water partition coefficient (Wildman–Crippen LogP) is 5.73. The zero-order valence-corrected chi connectivity index (χ0v) is 25.4. The molecular weight excluding hydrogens is 548 g/mol. The van der Waals surface area contributed by atoms with Crippen LogP contribution in [0.3, 0.4) is 0 Å². The first-order valence-corrected chi connectivity index (χ1v) is 15.0. The van der Waals surface area contributed by atoms with Gasteiger partial charge < -0.3 is 20.2 Å². The largest absolute Gasteiger partial charge is 0.395 e. The SMILES string of the molecule is CC(C)(C)C(=O)NC1(c2ccccc2)CCN(CCC(CN(CCO)C(=O)c2ccccc2)c2ccc(F)c(F)c2)CC1. The van der Waals surface area contributed by atoms with Crippen molar-refractivity contribution < 1.29 is 23.5 Å². The van der Waals surface area contributed by atoms with Gasteiger partial charge in [-0.25, -0.2) is 8.78 Å². The lowest BCUT2D eigenvalue weighted by Crippen LogP contribution is -2.55. The summed E-state index contributed by atoms with van der Waals surface area (Å²) in [5.41, 5.74) is 1.21. The van der Waals surface area contributed by atoms with Crippen molar-refractivity contribution in [1.29, 1.82) is 0 Å². The highest BCUT2D eigenvalue weighted by atomic mass is 19.2. The van der Waals surface area contributed by atoms with E-state index in [-0.39, 0.29) is 37.4 Å². The van der Waals surface area contributed by atoms with Gasteiger partial charge in [0.25, 0.3) is 5.91 Å². The van der Waals surface area contributed by atoms with Gasteiger partial charge in [0.2, 0.25) is 5.91 Å². The summed E-state index contributed by atoms with van der Waals surface area (Å²) in [5.74, 6) is -2.33. The number of hydrogen-bond acceptors (Lipinski definition) is 4. The molecule has 1 saturated heterocycles. The average molecular weight is 592 g/mol. The number of likely N-dealkylation sites (tertiary alicyclic amines) is 1. The summed E-state index contributed by atoms with van der Waals surface area (Å²) < 4.78 is 28.2. The molecule has 8 heteroatoms. The van der Waals surface area contributed by atoms with Crippen LogP contribution in [0.4, 0.5) is 8.78 Å². The van der Waals surface area contributed by atoms with Crippen molar-refractivity contribution >= 4 is 11.8 Å². The second-order valence-electron chi connectivity index (χ2n) is 12.5. The number of aliphatic hydroxyl groups is 1. The van der Waals surface area contributed by atoms with Gasteiger partial charge >= 0.3 is 0 Å². The summed E-state index contributed by atoms with van der Waals surface area (Å²) in [6, 6.07) is 22.9. The highest BCUT2D eigenvalue weighted by molar-refractivity contribution is 5.94. The second kappa shape index (κ2) is 14.2. The summed E-state index contributed by atoms with van der Waals surface area (Å²) in [6.45, 7) is 8.07. The van der Waals surface area contributed by atoms with Crippen molar-refractivity contribution in [2.24, 2.45) is 5.41 Å². The molecule has 0 bridgehead atoms. The van der Waals surface area contributed by atoms with Gasteiger partial charge in [-0.2, -0.15) is 0 Å². The molecule has 0 radical (unpaired) electrons. The third kappa shape index (κ3) is 8.27. The normalized spacial score (nSPS) is 16.0. The van der Waals surface area contributed by atoms with Crippen LogP contribution in [0, 0.1) is 17.0 Å². The molecule has 2 N–H and O–H groups in total. The van der Waals surface area contributed by atoms with Crippen molar-refractivity contribution in [2.45, 2.75) is 51.5 Å². The van der Waals surface area contributed by atoms with E-state index in [1.807, 2.05) is 45.0 Å². The molecule has 0 saturated carbocycles. The average Bonchev–Trinajstić information content (AvgIpc) is 3.01. The fourth-order valence-electron chi connectivity index (χ4n) is 5.70. The molecular formula is C35H43F2N3O3. The van der Waals surface area contributed by atoms with Crippen LogP contribution in [-0.4, -0.2) is 66.1 Å². The predicted molar refractivity (Wildman–Crippen MR) is 165 cm³/mol. The Bertz CT molecular complexity index is 1350. The maximum Gasteiger partial charge on any atom is 0.253 e. The van der Waals surface area contributed by atoms with Crippen molar-refractivity contribution in [3.8, 4) is 0 Å². The number of hydrogen-bond donors (Lipinski definition) is 2. The maximum atomic E-state index is 14.3. The number of benzene rings is 3. The third-order valence-electron chi connectivity index (χ3n) is 8.40. The zero-order chi connectivity index (χ0) is 31.0. The minimum Gasteiger partial charge on any atom is -0.395 e. The topological polar surface area (TPSA) is 72.9 Å². The van der Waals surface area contributed by atoms with E-state index in [0.717, 1.165) is 37.6 Å². The zero-order valence-electron chi connectivity index (χ0n) is 25.4. The first-order chi connectivity index (χ1) is 20.5. The number of rotatable bonds is 11. The monoisotopic (exact) mass is 591 g/mol. The molecule has 1 atom stereocenters. The molecule has 43 heavy (non-hydrogen) atoms. The number of halogens is 2. The molecule has 0 aromatic heterocycles.